The fourth-order valence-electron chi connectivity index (χ4n) is 3.80. The van der Waals surface area contributed by atoms with Crippen molar-refractivity contribution in [1.29, 1.82) is 0 Å². The summed E-state index contributed by atoms with van der Waals surface area (Å²) in [6, 6.07) is 25.9. The van der Waals surface area contributed by atoms with Crippen molar-refractivity contribution >= 4 is 54.5 Å². The highest BCUT2D eigenvalue weighted by molar-refractivity contribution is 7.92. The van der Waals surface area contributed by atoms with Crippen LogP contribution in [0.3, 0.4) is 0 Å². The Morgan fingerprint density at radius 3 is 2.33 bits per heavy atom. The molecule has 1 aromatic heterocycles. The summed E-state index contributed by atoms with van der Waals surface area (Å²) in [5, 5.41) is 5.90. The van der Waals surface area contributed by atoms with E-state index < -0.39 is 15.9 Å². The van der Waals surface area contributed by atoms with E-state index in [1.54, 1.807) is 42.5 Å². The third-order valence-corrected chi connectivity index (χ3v) is 8.77. The van der Waals surface area contributed by atoms with Crippen LogP contribution in [0.25, 0.3) is 10.2 Å². The number of sulfonamides is 1. The monoisotopic (exact) mass is 558 g/mol. The van der Waals surface area contributed by atoms with Gasteiger partial charge in [0, 0.05) is 12.6 Å². The smallest absolute Gasteiger partial charge is 0.269 e. The Balaban J connectivity index is 1.48. The van der Waals surface area contributed by atoms with Crippen molar-refractivity contribution in [3.05, 3.63) is 120 Å². The number of halogens is 1. The van der Waals surface area contributed by atoms with E-state index in [1.165, 1.54) is 70.3 Å². The number of benzene rings is 4. The van der Waals surface area contributed by atoms with Crippen LogP contribution in [0.4, 0.5) is 15.2 Å². The van der Waals surface area contributed by atoms with Crippen LogP contribution in [0.5, 0.6) is 0 Å². The third-order valence-electron chi connectivity index (χ3n) is 5.98. The van der Waals surface area contributed by atoms with Gasteiger partial charge in [-0.25, -0.2) is 17.8 Å². The lowest BCUT2D eigenvalue weighted by Gasteiger charge is -2.19. The molecular weight excluding hydrogens is 535 g/mol. The average molecular weight is 559 g/mol. The molecule has 0 aliphatic heterocycles. The van der Waals surface area contributed by atoms with Gasteiger partial charge in [-0.1, -0.05) is 47.7 Å². The van der Waals surface area contributed by atoms with E-state index in [2.05, 4.69) is 10.1 Å². The van der Waals surface area contributed by atoms with Gasteiger partial charge in [0.05, 0.1) is 27.0 Å². The molecule has 0 bridgehead atoms. The maximum Gasteiger partial charge on any atom is 0.280 e. The molecule has 0 N–H and O–H groups in total. The predicted molar refractivity (Wildman–Crippen MR) is 154 cm³/mol. The van der Waals surface area contributed by atoms with E-state index in [4.69, 9.17) is 0 Å². The van der Waals surface area contributed by atoms with Gasteiger partial charge in [-0.2, -0.15) is 10.1 Å². The number of thiazole rings is 1. The number of anilines is 2. The van der Waals surface area contributed by atoms with Crippen LogP contribution in [-0.2, 0) is 10.0 Å². The molecule has 0 unspecified atom stereocenters. The number of carbonyl (C=O) groups is 1. The molecule has 5 rings (SSSR count). The van der Waals surface area contributed by atoms with E-state index in [9.17, 15) is 17.6 Å². The van der Waals surface area contributed by atoms with E-state index in [-0.39, 0.29) is 16.3 Å². The summed E-state index contributed by atoms with van der Waals surface area (Å²) in [4.78, 5) is 18.3. The third kappa shape index (κ3) is 5.57. The molecule has 0 saturated carbocycles. The molecule has 5 aromatic rings. The lowest BCUT2D eigenvalue weighted by atomic mass is 10.2. The van der Waals surface area contributed by atoms with Crippen molar-refractivity contribution in [2.75, 3.05) is 16.4 Å². The van der Waals surface area contributed by atoms with Gasteiger partial charge in [-0.05, 0) is 78.7 Å². The zero-order valence-corrected chi connectivity index (χ0v) is 22.7. The first-order chi connectivity index (χ1) is 18.7. The van der Waals surface area contributed by atoms with Crippen molar-refractivity contribution in [3.8, 4) is 0 Å². The first kappa shape index (κ1) is 26.2. The molecule has 10 heteroatoms. The van der Waals surface area contributed by atoms with Crippen molar-refractivity contribution in [1.82, 2.24) is 4.98 Å². The molecule has 39 heavy (non-hydrogen) atoms. The fourth-order valence-corrected chi connectivity index (χ4v) is 6.01. The number of aromatic nitrogens is 1. The SMILES string of the molecule is Cc1ccc2nc(N(/N=C/c3ccc(F)cc3)C(=O)c3ccc(S(=O)(=O)N(C)c4ccccc4)cc3)sc2c1. The summed E-state index contributed by atoms with van der Waals surface area (Å²) in [5.74, 6) is -0.876. The first-order valence-corrected chi connectivity index (χ1v) is 14.1. The van der Waals surface area contributed by atoms with Gasteiger partial charge in [-0.15, -0.1) is 0 Å². The second-order valence-electron chi connectivity index (χ2n) is 8.71. The molecule has 1 amide bonds. The first-order valence-electron chi connectivity index (χ1n) is 11.9. The van der Waals surface area contributed by atoms with Gasteiger partial charge in [0.1, 0.15) is 5.82 Å². The molecule has 1 heterocycles. The van der Waals surface area contributed by atoms with Crippen LogP contribution < -0.4 is 9.31 Å². The minimum atomic E-state index is -3.84. The van der Waals surface area contributed by atoms with Crippen LogP contribution in [0.2, 0.25) is 0 Å². The van der Waals surface area contributed by atoms with Crippen molar-refractivity contribution in [3.63, 3.8) is 0 Å². The van der Waals surface area contributed by atoms with Crippen LogP contribution in [0.1, 0.15) is 21.5 Å². The molecule has 4 aromatic carbocycles. The molecule has 0 radical (unpaired) electrons. The summed E-state index contributed by atoms with van der Waals surface area (Å²) >= 11 is 1.31. The topological polar surface area (TPSA) is 82.9 Å². The number of rotatable bonds is 7. The van der Waals surface area contributed by atoms with Crippen molar-refractivity contribution in [2.45, 2.75) is 11.8 Å². The van der Waals surface area contributed by atoms with Crippen molar-refractivity contribution in [2.24, 2.45) is 5.10 Å². The summed E-state index contributed by atoms with van der Waals surface area (Å²) in [5.41, 5.74) is 3.12. The van der Waals surface area contributed by atoms with E-state index in [0.717, 1.165) is 15.8 Å². The number of nitrogens with zero attached hydrogens (tertiary/aromatic N) is 4. The fraction of sp³-hybridized carbons (Fsp3) is 0.0690. The molecule has 7 nitrogen and oxygen atoms in total. The van der Waals surface area contributed by atoms with Gasteiger partial charge < -0.3 is 0 Å². The zero-order chi connectivity index (χ0) is 27.6. The maximum atomic E-state index is 13.6. The minimum Gasteiger partial charge on any atom is -0.269 e. The van der Waals surface area contributed by atoms with Gasteiger partial charge in [0.2, 0.25) is 5.13 Å². The van der Waals surface area contributed by atoms with E-state index >= 15 is 0 Å². The Kier molecular flexibility index (Phi) is 7.23. The molecule has 0 spiro atoms. The second-order valence-corrected chi connectivity index (χ2v) is 11.7. The lowest BCUT2D eigenvalue weighted by molar-refractivity contribution is 0.0987. The zero-order valence-electron chi connectivity index (χ0n) is 21.0. The number of hydrogen-bond donors (Lipinski definition) is 0. The standard InChI is InChI=1S/C29H23FN4O3S2/c1-20-8-17-26-27(18-20)38-29(32-26)34(31-19-21-9-13-23(30)14-10-21)28(35)22-11-15-25(16-12-22)39(36,37)33(2)24-6-4-3-5-7-24/h3-19H,1-2H3/b31-19+. The largest absolute Gasteiger partial charge is 0.280 e. The lowest BCUT2D eigenvalue weighted by Crippen LogP contribution is -2.27. The normalized spacial score (nSPS) is 11.7. The van der Waals surface area contributed by atoms with Crippen molar-refractivity contribution < 1.29 is 17.6 Å². The molecule has 0 aliphatic rings. The highest BCUT2D eigenvalue weighted by atomic mass is 32.2. The van der Waals surface area contributed by atoms with Crippen LogP contribution in [0.15, 0.2) is 107 Å². The van der Waals surface area contributed by atoms with Gasteiger partial charge in [-0.3, -0.25) is 9.10 Å². The van der Waals surface area contributed by atoms with Gasteiger partial charge in [0.15, 0.2) is 0 Å². The number of carbonyl (C=O) groups excluding carboxylic acids is 1. The number of hydrazone groups is 1. The average Bonchev–Trinajstić information content (AvgIpc) is 3.37. The molecule has 196 valence electrons. The van der Waals surface area contributed by atoms with Gasteiger partial charge >= 0.3 is 0 Å². The summed E-state index contributed by atoms with van der Waals surface area (Å²) < 4.78 is 41.7. The van der Waals surface area contributed by atoms with E-state index in [0.29, 0.717) is 16.4 Å². The maximum absolute atomic E-state index is 13.6. The molecule has 0 saturated heterocycles. The Bertz CT molecular complexity index is 1770. The highest BCUT2D eigenvalue weighted by Gasteiger charge is 2.24. The number of fused-ring (bicyclic) bond motifs is 1. The predicted octanol–water partition coefficient (Wildman–Crippen LogP) is 6.25. The van der Waals surface area contributed by atoms with E-state index in [1.807, 2.05) is 25.1 Å². The Morgan fingerprint density at radius 1 is 0.949 bits per heavy atom. The molecule has 0 aliphatic carbocycles. The number of hydrogen-bond acceptors (Lipinski definition) is 6. The summed E-state index contributed by atoms with van der Waals surface area (Å²) in [7, 11) is -2.36. The highest BCUT2D eigenvalue weighted by Crippen LogP contribution is 2.31. The van der Waals surface area contributed by atoms with Crippen LogP contribution in [-0.4, -0.2) is 32.6 Å². The number of amides is 1. The molecule has 0 atom stereocenters. The summed E-state index contributed by atoms with van der Waals surface area (Å²) in [6.07, 6.45) is 1.45. The Labute approximate surface area is 229 Å². The van der Waals surface area contributed by atoms with Gasteiger partial charge in [0.25, 0.3) is 15.9 Å². The van der Waals surface area contributed by atoms with Crippen LogP contribution in [0, 0.1) is 12.7 Å². The van der Waals surface area contributed by atoms with Crippen LogP contribution >= 0.6 is 11.3 Å². The Morgan fingerprint density at radius 2 is 1.64 bits per heavy atom. The molecular formula is C29H23FN4O3S2. The quantitative estimate of drug-likeness (QED) is 0.175. The Hall–Kier alpha value is -4.41. The second kappa shape index (κ2) is 10.8. The number of para-hydroxylation sites is 1. The minimum absolute atomic E-state index is 0.0437. The summed E-state index contributed by atoms with van der Waals surface area (Å²) in [6.45, 7) is 1.97. The number of aryl methyl sites for hydroxylation is 1. The molecule has 0 fully saturated rings.